The van der Waals surface area contributed by atoms with Crippen molar-refractivity contribution >= 4 is 46.1 Å². The van der Waals surface area contributed by atoms with E-state index in [0.717, 1.165) is 54.7 Å². The molecule has 2 aromatic carbocycles. The summed E-state index contributed by atoms with van der Waals surface area (Å²) < 4.78 is 9.19. The van der Waals surface area contributed by atoms with E-state index in [-0.39, 0.29) is 11.3 Å². The predicted octanol–water partition coefficient (Wildman–Crippen LogP) is 8.85. The second-order valence-corrected chi connectivity index (χ2v) is 16.1. The highest BCUT2D eigenvalue weighted by molar-refractivity contribution is 7.98. The minimum Gasteiger partial charge on any atom is -0.455 e. The molecule has 3 N–H and O–H groups in total. The van der Waals surface area contributed by atoms with Crippen molar-refractivity contribution in [2.75, 3.05) is 36.9 Å². The van der Waals surface area contributed by atoms with Gasteiger partial charge in [-0.25, -0.2) is 9.97 Å². The number of likely N-dealkylation sites (tertiary alicyclic amines) is 1. The molecule has 12 nitrogen and oxygen atoms in total. The van der Waals surface area contributed by atoms with Crippen molar-refractivity contribution < 1.29 is 14.5 Å². The summed E-state index contributed by atoms with van der Waals surface area (Å²) in [5.74, 6) is 1.71. The van der Waals surface area contributed by atoms with E-state index >= 15 is 0 Å². The third-order valence-electron chi connectivity index (χ3n) is 11.6. The molecule has 280 valence electrons. The molecule has 3 fully saturated rings. The number of nitrogens with one attached hydrogen (secondary N) is 3. The molecule has 5 aromatic rings. The molecule has 5 heterocycles. The number of H-pyrrole nitrogens is 1. The zero-order valence-electron chi connectivity index (χ0n) is 30.9. The van der Waals surface area contributed by atoms with Crippen molar-refractivity contribution in [2.24, 2.45) is 5.41 Å². The SMILES string of the molecule is CNc1ccc(SNC(=O)c2cnc(N3CCC4(CC3)CC(N3CCCC3c3ccccc3C(C)C)C4)cc2Oc2cnc3[nH]ccc3c2)cc1[N+](=O)[O-]. The Morgan fingerprint density at radius 3 is 2.65 bits per heavy atom. The molecule has 1 aliphatic carbocycles. The van der Waals surface area contributed by atoms with Crippen molar-refractivity contribution in [1.82, 2.24) is 24.6 Å². The fraction of sp³-hybridized carbons (Fsp3) is 0.390. The van der Waals surface area contributed by atoms with E-state index in [1.54, 1.807) is 31.6 Å². The highest BCUT2D eigenvalue weighted by Gasteiger charge is 2.50. The van der Waals surface area contributed by atoms with Gasteiger partial charge in [-0.2, -0.15) is 0 Å². The van der Waals surface area contributed by atoms with E-state index in [0.29, 0.717) is 45.5 Å². The molecule has 54 heavy (non-hydrogen) atoms. The molecule has 1 amide bonds. The summed E-state index contributed by atoms with van der Waals surface area (Å²) in [6.07, 6.45) is 12.2. The summed E-state index contributed by atoms with van der Waals surface area (Å²) in [4.78, 5) is 42.7. The summed E-state index contributed by atoms with van der Waals surface area (Å²) in [7, 11) is 1.63. The number of rotatable bonds is 11. The van der Waals surface area contributed by atoms with Gasteiger partial charge in [0, 0.05) is 67.0 Å². The molecule has 1 atom stereocenters. The van der Waals surface area contributed by atoms with Crippen LogP contribution in [0.25, 0.3) is 11.0 Å². The number of hydrogen-bond acceptors (Lipinski definition) is 10. The number of nitro benzene ring substituents is 1. The molecule has 3 aliphatic rings. The fourth-order valence-electron chi connectivity index (χ4n) is 8.75. The van der Waals surface area contributed by atoms with Crippen LogP contribution in [0.15, 0.2) is 84.1 Å². The molecule has 1 saturated carbocycles. The lowest BCUT2D eigenvalue weighted by atomic mass is 9.60. The molecule has 1 unspecified atom stereocenters. The second-order valence-electron chi connectivity index (χ2n) is 15.2. The number of nitro groups is 1. The van der Waals surface area contributed by atoms with Crippen LogP contribution in [0.3, 0.4) is 0 Å². The van der Waals surface area contributed by atoms with Gasteiger partial charge in [-0.1, -0.05) is 38.1 Å². The van der Waals surface area contributed by atoms with Crippen molar-refractivity contribution in [2.45, 2.75) is 75.3 Å². The Labute approximate surface area is 319 Å². The lowest BCUT2D eigenvalue weighted by molar-refractivity contribution is -0.384. The summed E-state index contributed by atoms with van der Waals surface area (Å²) in [5, 5.41) is 15.3. The van der Waals surface area contributed by atoms with E-state index in [2.05, 4.69) is 67.9 Å². The fourth-order valence-corrected chi connectivity index (χ4v) is 9.37. The number of fused-ring (bicyclic) bond motifs is 1. The van der Waals surface area contributed by atoms with Crippen LogP contribution >= 0.6 is 11.9 Å². The largest absolute Gasteiger partial charge is 0.455 e. The van der Waals surface area contributed by atoms with Crippen LogP contribution in [-0.4, -0.2) is 63.4 Å². The van der Waals surface area contributed by atoms with Gasteiger partial charge in [0.2, 0.25) is 0 Å². The first-order valence-corrected chi connectivity index (χ1v) is 19.7. The number of anilines is 2. The Kier molecular flexibility index (Phi) is 9.93. The average Bonchev–Trinajstić information content (AvgIpc) is 3.86. The standard InChI is InChI=1S/C41H46N8O4S/c1-26(2)31-7-4-5-8-32(31)35-9-6-16-48(35)28-22-41(23-28)13-17-47(18-14-41)38-21-37(53-29-19-27-12-15-43-39(27)45-24-29)33(25-44-38)40(50)46-54-30-10-11-34(42-3)36(20-30)49(51)52/h4-5,7-8,10-12,15,19-21,24-26,28,35,42H,6,9,13-14,16-18,22-23H2,1-3H3,(H,43,45)(H,46,50). The Bertz CT molecular complexity index is 2170. The van der Waals surface area contributed by atoms with Gasteiger partial charge < -0.3 is 19.9 Å². The number of hydrogen-bond donors (Lipinski definition) is 3. The zero-order valence-corrected chi connectivity index (χ0v) is 31.7. The number of benzene rings is 2. The topological polar surface area (TPSA) is 142 Å². The predicted molar refractivity (Wildman–Crippen MR) is 212 cm³/mol. The molecule has 8 rings (SSSR count). The normalized spacial score (nSPS) is 18.6. The van der Waals surface area contributed by atoms with Crippen LogP contribution in [-0.2, 0) is 0 Å². The maximum Gasteiger partial charge on any atom is 0.293 e. The van der Waals surface area contributed by atoms with E-state index in [4.69, 9.17) is 9.72 Å². The molecule has 2 saturated heterocycles. The third-order valence-corrected chi connectivity index (χ3v) is 12.4. The summed E-state index contributed by atoms with van der Waals surface area (Å²) in [5.41, 5.74) is 4.68. The van der Waals surface area contributed by atoms with Gasteiger partial charge >= 0.3 is 0 Å². The zero-order chi connectivity index (χ0) is 37.4. The number of carbonyl (C=O) groups excluding carboxylic acids is 1. The van der Waals surface area contributed by atoms with E-state index in [9.17, 15) is 14.9 Å². The Morgan fingerprint density at radius 1 is 1.06 bits per heavy atom. The van der Waals surface area contributed by atoms with Crippen LogP contribution in [0.2, 0.25) is 0 Å². The van der Waals surface area contributed by atoms with Crippen LogP contribution in [0.4, 0.5) is 17.2 Å². The van der Waals surface area contributed by atoms with E-state index < -0.39 is 10.8 Å². The van der Waals surface area contributed by atoms with Crippen molar-refractivity contribution in [3.63, 3.8) is 0 Å². The molecule has 13 heteroatoms. The van der Waals surface area contributed by atoms with Gasteiger partial charge in [-0.3, -0.25) is 24.5 Å². The number of ether oxygens (including phenoxy) is 1. The van der Waals surface area contributed by atoms with Crippen LogP contribution in [0.1, 0.15) is 85.8 Å². The molecule has 3 aromatic heterocycles. The number of aromatic amines is 1. The maximum atomic E-state index is 13.6. The summed E-state index contributed by atoms with van der Waals surface area (Å²) in [6, 6.07) is 20.6. The first kappa shape index (κ1) is 35.9. The molecule has 0 radical (unpaired) electrons. The quantitative estimate of drug-likeness (QED) is 0.0682. The monoisotopic (exact) mass is 746 g/mol. The number of carbonyl (C=O) groups is 1. The molecule has 1 spiro atoms. The highest BCUT2D eigenvalue weighted by Crippen LogP contribution is 2.54. The van der Waals surface area contributed by atoms with Gasteiger partial charge in [0.25, 0.3) is 11.6 Å². The second kappa shape index (κ2) is 14.9. The van der Waals surface area contributed by atoms with Crippen molar-refractivity contribution in [3.8, 4) is 11.5 Å². The van der Waals surface area contributed by atoms with Gasteiger partial charge in [-0.15, -0.1) is 0 Å². The first-order chi connectivity index (χ1) is 26.2. The lowest BCUT2D eigenvalue weighted by Gasteiger charge is -2.56. The molecular formula is C41H46N8O4S. The maximum absolute atomic E-state index is 13.6. The van der Waals surface area contributed by atoms with E-state index in [1.807, 2.05) is 24.4 Å². The van der Waals surface area contributed by atoms with Crippen LogP contribution in [0, 0.1) is 15.5 Å². The highest BCUT2D eigenvalue weighted by atomic mass is 32.2. The Morgan fingerprint density at radius 2 is 1.87 bits per heavy atom. The Balaban J connectivity index is 0.962. The van der Waals surface area contributed by atoms with E-state index in [1.165, 1.54) is 49.4 Å². The van der Waals surface area contributed by atoms with Crippen molar-refractivity contribution in [3.05, 3.63) is 106 Å². The van der Waals surface area contributed by atoms with Crippen molar-refractivity contribution in [1.29, 1.82) is 0 Å². The number of piperidine rings is 1. The first-order valence-electron chi connectivity index (χ1n) is 18.8. The average molecular weight is 747 g/mol. The third kappa shape index (κ3) is 7.09. The molecule has 2 aliphatic heterocycles. The van der Waals surface area contributed by atoms with Crippen LogP contribution in [0.5, 0.6) is 11.5 Å². The number of aromatic nitrogens is 3. The Hall–Kier alpha value is -5.14. The number of nitrogens with zero attached hydrogens (tertiary/aromatic N) is 5. The number of pyridine rings is 2. The lowest BCUT2D eigenvalue weighted by Crippen LogP contribution is -2.55. The minimum absolute atomic E-state index is 0.0761. The summed E-state index contributed by atoms with van der Waals surface area (Å²) in [6.45, 7) is 7.57. The number of amides is 1. The van der Waals surface area contributed by atoms with Gasteiger partial charge in [-0.05, 0) is 104 Å². The smallest absolute Gasteiger partial charge is 0.293 e. The summed E-state index contributed by atoms with van der Waals surface area (Å²) >= 11 is 0.997. The minimum atomic E-state index is -0.454. The molecular weight excluding hydrogens is 701 g/mol. The van der Waals surface area contributed by atoms with Gasteiger partial charge in [0.1, 0.15) is 34.2 Å². The molecule has 0 bridgehead atoms. The van der Waals surface area contributed by atoms with Gasteiger partial charge in [0.05, 0.1) is 11.1 Å². The van der Waals surface area contributed by atoms with Crippen LogP contribution < -0.4 is 19.7 Å². The van der Waals surface area contributed by atoms with Gasteiger partial charge in [0.15, 0.2) is 0 Å².